The van der Waals surface area contributed by atoms with Crippen LogP contribution in [0.3, 0.4) is 0 Å². The summed E-state index contributed by atoms with van der Waals surface area (Å²) in [6.45, 7) is 7.69. The number of fused-ring (bicyclic) bond motifs is 3. The minimum Gasteiger partial charge on any atom is -0.512 e. The van der Waals surface area contributed by atoms with Gasteiger partial charge in [0.05, 0.1) is 16.9 Å². The molecule has 0 unspecified atom stereocenters. The predicted octanol–water partition coefficient (Wildman–Crippen LogP) is 5.77. The number of furan rings is 1. The molecular weight excluding hydrogens is 619 g/mol. The van der Waals surface area contributed by atoms with Gasteiger partial charge in [0.15, 0.2) is 5.78 Å². The van der Waals surface area contributed by atoms with Crippen molar-refractivity contribution in [2.45, 2.75) is 26.9 Å². The Morgan fingerprint density at radius 3 is 2.44 bits per heavy atom. The van der Waals surface area contributed by atoms with Crippen molar-refractivity contribution in [3.05, 3.63) is 78.6 Å². The zero-order chi connectivity index (χ0) is 23.3. The summed E-state index contributed by atoms with van der Waals surface area (Å²) >= 11 is 0. The average Bonchev–Trinajstić information content (AvgIpc) is 3.13. The van der Waals surface area contributed by atoms with E-state index in [0.717, 1.165) is 27.9 Å². The molecule has 5 aromatic rings. The van der Waals surface area contributed by atoms with Crippen LogP contribution in [-0.2, 0) is 24.9 Å². The largest absolute Gasteiger partial charge is 0.512 e. The van der Waals surface area contributed by atoms with Crippen LogP contribution in [0.15, 0.2) is 76.9 Å². The van der Waals surface area contributed by atoms with Gasteiger partial charge in [-0.05, 0) is 42.4 Å². The Labute approximate surface area is 212 Å². The molecule has 0 aliphatic carbocycles. The van der Waals surface area contributed by atoms with Crippen LogP contribution in [-0.4, -0.2) is 23.9 Å². The molecule has 6 rings (SSSR count). The molecule has 0 amide bonds. The van der Waals surface area contributed by atoms with Crippen LogP contribution in [0.2, 0.25) is 13.1 Å². The van der Waals surface area contributed by atoms with Crippen molar-refractivity contribution in [3.63, 3.8) is 0 Å². The van der Waals surface area contributed by atoms with E-state index in [4.69, 9.17) is 14.5 Å². The second-order valence-electron chi connectivity index (χ2n) is 8.97. The van der Waals surface area contributed by atoms with Crippen LogP contribution in [0, 0.1) is 6.07 Å². The topological polar surface area (TPSA) is 63.3 Å². The van der Waals surface area contributed by atoms with Crippen molar-refractivity contribution in [1.29, 1.82) is 0 Å². The van der Waals surface area contributed by atoms with Crippen LogP contribution >= 0.6 is 0 Å². The SMILES string of the molecule is CC(=O)/C=C(/C)O.C[Si]1(C)c2cc3ccccc3nc2-c2[c-]ccc3oc4cccc1c4c23.[Ir]. The second-order valence-corrected chi connectivity index (χ2v) is 13.3. The number of rotatable bonds is 1. The molecule has 1 N–H and O–H groups in total. The summed E-state index contributed by atoms with van der Waals surface area (Å²) in [6.07, 6.45) is 1.17. The van der Waals surface area contributed by atoms with Crippen molar-refractivity contribution >= 4 is 57.1 Å². The van der Waals surface area contributed by atoms with Gasteiger partial charge in [-0.15, -0.1) is 17.7 Å². The molecule has 6 heteroatoms. The molecule has 173 valence electrons. The van der Waals surface area contributed by atoms with E-state index in [9.17, 15) is 4.79 Å². The number of nitrogens with zero attached hydrogens (tertiary/aromatic N) is 1. The molecule has 0 saturated heterocycles. The Morgan fingerprint density at radius 2 is 1.74 bits per heavy atom. The Bertz CT molecular complexity index is 1600. The van der Waals surface area contributed by atoms with E-state index < -0.39 is 8.07 Å². The van der Waals surface area contributed by atoms with Gasteiger partial charge in [0.2, 0.25) is 0 Å². The van der Waals surface area contributed by atoms with Crippen LogP contribution < -0.4 is 10.4 Å². The summed E-state index contributed by atoms with van der Waals surface area (Å²) < 4.78 is 6.18. The third kappa shape index (κ3) is 3.92. The number of aliphatic hydroxyl groups excluding tert-OH is 1. The van der Waals surface area contributed by atoms with Gasteiger partial charge < -0.3 is 9.52 Å². The molecule has 3 aromatic carbocycles. The molecule has 1 aliphatic heterocycles. The summed E-state index contributed by atoms with van der Waals surface area (Å²) in [7, 11) is -1.96. The van der Waals surface area contributed by atoms with E-state index in [1.807, 2.05) is 12.1 Å². The fraction of sp³-hybridized carbons (Fsp3) is 0.143. The number of hydrogen-bond donors (Lipinski definition) is 1. The van der Waals surface area contributed by atoms with Gasteiger partial charge in [0.25, 0.3) is 0 Å². The number of aliphatic hydroxyl groups is 1. The van der Waals surface area contributed by atoms with E-state index in [-0.39, 0.29) is 31.6 Å². The monoisotopic (exact) mass is 643 g/mol. The molecule has 1 aliphatic rings. The average molecular weight is 643 g/mol. The molecule has 0 saturated carbocycles. The third-order valence-electron chi connectivity index (χ3n) is 6.17. The van der Waals surface area contributed by atoms with Gasteiger partial charge in [-0.3, -0.25) is 9.78 Å². The number of hydrogen-bond acceptors (Lipinski definition) is 4. The van der Waals surface area contributed by atoms with E-state index in [0.29, 0.717) is 0 Å². The maximum absolute atomic E-state index is 10.0. The van der Waals surface area contributed by atoms with E-state index in [2.05, 4.69) is 67.7 Å². The standard InChI is InChI=1S/C23H16NOSi.C5H8O2.Ir/c1-26(2)19-12-6-11-18-22(19)21-15(8-5-10-17(21)25-18)23-20(26)13-14-7-3-4-9-16(14)24-23;1-4(6)3-5(2)7;/h3-7,9-13H,1-2H3;3,6H,1-2H3;/q-1;;/b;4-3-;. The Kier molecular flexibility index (Phi) is 6.34. The Hall–Kier alpha value is -3.05. The quantitative estimate of drug-likeness (QED) is 0.109. The summed E-state index contributed by atoms with van der Waals surface area (Å²) in [6, 6.07) is 24.7. The first kappa shape index (κ1) is 24.1. The molecule has 0 atom stereocenters. The van der Waals surface area contributed by atoms with Gasteiger partial charge in [-0.1, -0.05) is 71.3 Å². The number of ketones is 1. The summed E-state index contributed by atoms with van der Waals surface area (Å²) in [4.78, 5) is 15.1. The number of pyridine rings is 1. The van der Waals surface area contributed by atoms with E-state index >= 15 is 0 Å². The first-order valence-electron chi connectivity index (χ1n) is 10.9. The molecule has 0 bridgehead atoms. The van der Waals surface area contributed by atoms with Gasteiger partial charge in [0.1, 0.15) is 13.7 Å². The van der Waals surface area contributed by atoms with Crippen molar-refractivity contribution in [2.24, 2.45) is 0 Å². The molecule has 1 radical (unpaired) electrons. The summed E-state index contributed by atoms with van der Waals surface area (Å²) in [5.74, 6) is -0.0625. The van der Waals surface area contributed by atoms with Gasteiger partial charge in [-0.2, -0.15) is 0 Å². The molecule has 4 nitrogen and oxygen atoms in total. The fourth-order valence-corrected chi connectivity index (χ4v) is 7.70. The van der Waals surface area contributed by atoms with E-state index in [1.165, 1.54) is 46.5 Å². The van der Waals surface area contributed by atoms with Gasteiger partial charge >= 0.3 is 0 Å². The number of carbonyl (C=O) groups is 1. The summed E-state index contributed by atoms with van der Waals surface area (Å²) in [5.41, 5.74) is 5.08. The van der Waals surface area contributed by atoms with Gasteiger partial charge in [-0.25, -0.2) is 0 Å². The molecule has 34 heavy (non-hydrogen) atoms. The van der Waals surface area contributed by atoms with E-state index in [1.54, 1.807) is 0 Å². The predicted molar refractivity (Wildman–Crippen MR) is 137 cm³/mol. The van der Waals surface area contributed by atoms with Crippen molar-refractivity contribution in [3.8, 4) is 11.3 Å². The fourth-order valence-electron chi connectivity index (χ4n) is 4.73. The number of benzene rings is 3. The normalized spacial score (nSPS) is 13.7. The van der Waals surface area contributed by atoms with Gasteiger partial charge in [0, 0.05) is 26.2 Å². The molecule has 2 aromatic heterocycles. The number of para-hydroxylation sites is 1. The minimum atomic E-state index is -1.96. The Balaban J connectivity index is 0.000000303. The number of carbonyl (C=O) groups excluding carboxylic acids is 1. The molecule has 0 spiro atoms. The number of allylic oxidation sites excluding steroid dienone is 2. The smallest absolute Gasteiger partial charge is 0.155 e. The van der Waals surface area contributed by atoms with Crippen molar-refractivity contribution in [2.75, 3.05) is 0 Å². The first-order valence-corrected chi connectivity index (χ1v) is 13.9. The third-order valence-corrected chi connectivity index (χ3v) is 9.67. The maximum atomic E-state index is 10.0. The van der Waals surface area contributed by atoms with Crippen LogP contribution in [0.5, 0.6) is 0 Å². The zero-order valence-electron chi connectivity index (χ0n) is 19.4. The van der Waals surface area contributed by atoms with Crippen molar-refractivity contribution in [1.82, 2.24) is 4.98 Å². The molecule has 0 fully saturated rings. The second kappa shape index (κ2) is 8.95. The van der Waals surface area contributed by atoms with Crippen molar-refractivity contribution < 1.29 is 34.4 Å². The Morgan fingerprint density at radius 1 is 1.00 bits per heavy atom. The first-order chi connectivity index (χ1) is 15.8. The van der Waals surface area contributed by atoms with Crippen LogP contribution in [0.4, 0.5) is 0 Å². The molecule has 3 heterocycles. The van der Waals surface area contributed by atoms with Crippen LogP contribution in [0.1, 0.15) is 13.8 Å². The van der Waals surface area contributed by atoms with Crippen LogP contribution in [0.25, 0.3) is 44.1 Å². The zero-order valence-corrected chi connectivity index (χ0v) is 22.8. The minimum absolute atomic E-state index is 0. The number of aromatic nitrogens is 1. The molecular formula is C28H24IrNO3Si-. The summed E-state index contributed by atoms with van der Waals surface area (Å²) in [5, 5.41) is 14.8. The maximum Gasteiger partial charge on any atom is 0.155 e.